The molecule has 0 radical (unpaired) electrons. The molecule has 10 nitrogen and oxygen atoms in total. The smallest absolute Gasteiger partial charge is 0.408 e. The first-order chi connectivity index (χ1) is 15.9. The second kappa shape index (κ2) is 12.7. The van der Waals surface area contributed by atoms with Gasteiger partial charge in [0.1, 0.15) is 24.2 Å². The Hall–Kier alpha value is -3.40. The van der Waals surface area contributed by atoms with E-state index in [2.05, 4.69) is 21.9 Å². The molecule has 1 rings (SSSR count). The van der Waals surface area contributed by atoms with Crippen molar-refractivity contribution in [2.75, 3.05) is 26.8 Å². The number of esters is 1. The highest BCUT2D eigenvalue weighted by Crippen LogP contribution is 2.28. The van der Waals surface area contributed by atoms with Gasteiger partial charge >= 0.3 is 12.1 Å². The minimum Gasteiger partial charge on any atom is -0.468 e. The molecule has 0 aromatic heterocycles. The maximum absolute atomic E-state index is 13.5. The Morgan fingerprint density at radius 2 is 1.76 bits per heavy atom. The van der Waals surface area contributed by atoms with Crippen LogP contribution in [0.4, 0.5) is 4.79 Å². The molecule has 0 heterocycles. The van der Waals surface area contributed by atoms with E-state index in [-0.39, 0.29) is 6.54 Å². The highest BCUT2D eigenvalue weighted by Gasteiger charge is 2.37. The molecule has 0 aliphatic heterocycles. The minimum absolute atomic E-state index is 0.0740. The van der Waals surface area contributed by atoms with Crippen molar-refractivity contribution in [2.24, 2.45) is 0 Å². The number of aryl methyl sites for hydroxylation is 2. The third-order valence-electron chi connectivity index (χ3n) is 4.79. The molecule has 1 aromatic carbocycles. The van der Waals surface area contributed by atoms with Crippen LogP contribution < -0.4 is 10.6 Å². The van der Waals surface area contributed by atoms with Crippen molar-refractivity contribution >= 4 is 23.9 Å². The zero-order chi connectivity index (χ0) is 26.1. The number of ether oxygens (including phenoxy) is 2. The van der Waals surface area contributed by atoms with Gasteiger partial charge in [0, 0.05) is 6.54 Å². The molecule has 2 unspecified atom stereocenters. The maximum atomic E-state index is 13.5. The van der Waals surface area contributed by atoms with Gasteiger partial charge in [0.05, 0.1) is 13.7 Å². The van der Waals surface area contributed by atoms with Crippen LogP contribution in [0.25, 0.3) is 0 Å². The number of carbonyl (C=O) groups excluding carboxylic acids is 4. The second-order valence-electron chi connectivity index (χ2n) is 8.66. The molecule has 0 saturated carbocycles. The van der Waals surface area contributed by atoms with Gasteiger partial charge in [0.15, 0.2) is 0 Å². The summed E-state index contributed by atoms with van der Waals surface area (Å²) in [6.07, 6.45) is 0.533. The molecule has 188 valence electrons. The van der Waals surface area contributed by atoms with Gasteiger partial charge in [-0.25, -0.2) is 4.79 Å². The number of nitrogens with zero attached hydrogens (tertiary/aromatic N) is 1. The van der Waals surface area contributed by atoms with E-state index in [0.29, 0.717) is 5.56 Å². The molecule has 10 heteroatoms. The molecular weight excluding hydrogens is 442 g/mol. The topological polar surface area (TPSA) is 134 Å². The first-order valence-electron chi connectivity index (χ1n) is 10.8. The molecule has 3 amide bonds. The summed E-state index contributed by atoms with van der Waals surface area (Å²) in [5, 5.41) is 14.7. The van der Waals surface area contributed by atoms with Gasteiger partial charge in [-0.1, -0.05) is 24.3 Å². The van der Waals surface area contributed by atoms with Gasteiger partial charge < -0.3 is 30.1 Å². The quantitative estimate of drug-likeness (QED) is 0.344. The summed E-state index contributed by atoms with van der Waals surface area (Å²) in [5.41, 5.74) is 1.21. The largest absolute Gasteiger partial charge is 0.468 e. The molecule has 1 aromatic rings. The summed E-state index contributed by atoms with van der Waals surface area (Å²) in [6, 6.07) is 2.85. The lowest BCUT2D eigenvalue weighted by Gasteiger charge is -2.34. The van der Waals surface area contributed by atoms with Crippen molar-refractivity contribution in [3.05, 3.63) is 47.5 Å². The Labute approximate surface area is 200 Å². The Bertz CT molecular complexity index is 888. The standard InChI is InChI=1S/C24H35N3O7/c1-8-12-27(22(31)17(14-28)26-23(32)34-24(4,5)6)20(21(30)25-13-18(29)33-7)19-15(2)10-9-11-16(19)3/h8-11,17,20,28H,1,12-14H2,2-7H3,(H,25,30)(H,26,32). The number of benzene rings is 1. The molecule has 0 aliphatic carbocycles. The van der Waals surface area contributed by atoms with E-state index in [9.17, 15) is 24.3 Å². The number of aliphatic hydroxyl groups is 1. The van der Waals surface area contributed by atoms with E-state index in [1.807, 2.05) is 6.07 Å². The minimum atomic E-state index is -1.38. The van der Waals surface area contributed by atoms with Crippen LogP contribution in [0.5, 0.6) is 0 Å². The van der Waals surface area contributed by atoms with E-state index in [1.165, 1.54) is 18.1 Å². The lowest BCUT2D eigenvalue weighted by Crippen LogP contribution is -2.54. The zero-order valence-electron chi connectivity index (χ0n) is 20.6. The summed E-state index contributed by atoms with van der Waals surface area (Å²) < 4.78 is 9.77. The molecule has 0 aliphatic rings. The van der Waals surface area contributed by atoms with Crippen molar-refractivity contribution < 1.29 is 33.8 Å². The number of aliphatic hydroxyl groups excluding tert-OH is 1. The van der Waals surface area contributed by atoms with Crippen molar-refractivity contribution in [2.45, 2.75) is 52.3 Å². The second-order valence-corrected chi connectivity index (χ2v) is 8.66. The van der Waals surface area contributed by atoms with E-state index in [1.54, 1.807) is 46.8 Å². The summed E-state index contributed by atoms with van der Waals surface area (Å²) in [5.74, 6) is -2.02. The van der Waals surface area contributed by atoms with Gasteiger partial charge in [-0.2, -0.15) is 0 Å². The van der Waals surface area contributed by atoms with Crippen LogP contribution >= 0.6 is 0 Å². The van der Waals surface area contributed by atoms with Crippen LogP contribution in [0.1, 0.15) is 43.5 Å². The van der Waals surface area contributed by atoms with Crippen LogP contribution in [-0.4, -0.2) is 72.3 Å². The normalized spacial score (nSPS) is 12.7. The molecular formula is C24H35N3O7. The molecule has 0 fully saturated rings. The number of carbonyl (C=O) groups is 4. The Balaban J connectivity index is 3.43. The van der Waals surface area contributed by atoms with Crippen molar-refractivity contribution in [3.8, 4) is 0 Å². The maximum Gasteiger partial charge on any atom is 0.408 e. The molecule has 2 atom stereocenters. The van der Waals surface area contributed by atoms with Gasteiger partial charge in [-0.15, -0.1) is 6.58 Å². The van der Waals surface area contributed by atoms with Crippen molar-refractivity contribution in [1.29, 1.82) is 0 Å². The lowest BCUT2D eigenvalue weighted by molar-refractivity contribution is -0.144. The predicted molar refractivity (Wildman–Crippen MR) is 126 cm³/mol. The predicted octanol–water partition coefficient (Wildman–Crippen LogP) is 1.53. The van der Waals surface area contributed by atoms with Crippen LogP contribution in [0, 0.1) is 13.8 Å². The molecule has 0 spiro atoms. The fourth-order valence-corrected chi connectivity index (χ4v) is 3.31. The number of alkyl carbamates (subject to hydrolysis) is 1. The summed E-state index contributed by atoms with van der Waals surface area (Å²) >= 11 is 0. The van der Waals surface area contributed by atoms with Gasteiger partial charge in [-0.05, 0) is 51.3 Å². The number of methoxy groups -OCH3 is 1. The van der Waals surface area contributed by atoms with E-state index < -0.39 is 54.7 Å². The van der Waals surface area contributed by atoms with E-state index in [0.717, 1.165) is 11.1 Å². The first-order valence-corrected chi connectivity index (χ1v) is 10.8. The van der Waals surface area contributed by atoms with Crippen LogP contribution in [0.3, 0.4) is 0 Å². The van der Waals surface area contributed by atoms with Crippen LogP contribution in [0.15, 0.2) is 30.9 Å². The van der Waals surface area contributed by atoms with E-state index in [4.69, 9.17) is 4.74 Å². The molecule has 34 heavy (non-hydrogen) atoms. The highest BCUT2D eigenvalue weighted by atomic mass is 16.6. The third-order valence-corrected chi connectivity index (χ3v) is 4.79. The monoisotopic (exact) mass is 477 g/mol. The number of nitrogens with one attached hydrogen (secondary N) is 2. The number of hydrogen-bond donors (Lipinski definition) is 3. The SMILES string of the molecule is C=CCN(C(=O)C(CO)NC(=O)OC(C)(C)C)C(C(=O)NCC(=O)OC)c1c(C)cccc1C. The average Bonchev–Trinajstić information content (AvgIpc) is 2.75. The summed E-state index contributed by atoms with van der Waals surface area (Å²) in [7, 11) is 1.19. The highest BCUT2D eigenvalue weighted by molar-refractivity contribution is 5.93. The fourth-order valence-electron chi connectivity index (χ4n) is 3.31. The molecule has 0 bridgehead atoms. The first kappa shape index (κ1) is 28.6. The van der Waals surface area contributed by atoms with Crippen LogP contribution in [0.2, 0.25) is 0 Å². The zero-order valence-corrected chi connectivity index (χ0v) is 20.6. The van der Waals surface area contributed by atoms with Gasteiger partial charge in [0.2, 0.25) is 11.8 Å². The lowest BCUT2D eigenvalue weighted by atomic mass is 9.93. The van der Waals surface area contributed by atoms with Crippen LogP contribution in [-0.2, 0) is 23.9 Å². The van der Waals surface area contributed by atoms with E-state index >= 15 is 0 Å². The Morgan fingerprint density at radius 3 is 2.24 bits per heavy atom. The van der Waals surface area contributed by atoms with Crippen molar-refractivity contribution in [1.82, 2.24) is 15.5 Å². The van der Waals surface area contributed by atoms with Gasteiger partial charge in [0.25, 0.3) is 0 Å². The third kappa shape index (κ3) is 8.18. The average molecular weight is 478 g/mol. The molecule has 0 saturated heterocycles. The summed E-state index contributed by atoms with van der Waals surface area (Å²) in [4.78, 5) is 51.8. The molecule has 3 N–H and O–H groups in total. The Kier molecular flexibility index (Phi) is 10.7. The van der Waals surface area contributed by atoms with Gasteiger partial charge in [-0.3, -0.25) is 14.4 Å². The summed E-state index contributed by atoms with van der Waals surface area (Å²) in [6.45, 7) is 11.0. The Morgan fingerprint density at radius 1 is 1.18 bits per heavy atom. The number of amides is 3. The number of hydrogen-bond acceptors (Lipinski definition) is 7. The number of rotatable bonds is 10. The fraction of sp³-hybridized carbons (Fsp3) is 0.500. The van der Waals surface area contributed by atoms with Crippen molar-refractivity contribution in [3.63, 3.8) is 0 Å².